The number of carbonyl (C=O) groups excluding carboxylic acids is 3. The molecule has 2 aromatic carbocycles. The van der Waals surface area contributed by atoms with Crippen molar-refractivity contribution in [3.63, 3.8) is 0 Å². The van der Waals surface area contributed by atoms with Crippen LogP contribution in [-0.4, -0.2) is 77.9 Å². The molecule has 2 heterocycles. The van der Waals surface area contributed by atoms with Gasteiger partial charge in [-0.2, -0.15) is 0 Å². The molecule has 46 heavy (non-hydrogen) atoms. The second-order valence-corrected chi connectivity index (χ2v) is 14.8. The van der Waals surface area contributed by atoms with Gasteiger partial charge in [-0.05, 0) is 49.7 Å². The average Bonchev–Trinajstić information content (AvgIpc) is 3.95. The van der Waals surface area contributed by atoms with Gasteiger partial charge in [-0.25, -0.2) is 19.1 Å². The molecule has 7 rings (SSSR count). The Hall–Kier alpha value is -4.23. The van der Waals surface area contributed by atoms with E-state index >= 15 is 0 Å². The number of sulfonamides is 1. The fraction of sp³-hybridized carbons (Fsp3) is 0.455. The number of urea groups is 1. The normalized spacial score (nSPS) is 28.5. The van der Waals surface area contributed by atoms with Crippen LogP contribution in [0.15, 0.2) is 65.8 Å². The smallest absolute Gasteiger partial charge is 0.334 e. The van der Waals surface area contributed by atoms with Gasteiger partial charge in [0.25, 0.3) is 5.91 Å². The van der Waals surface area contributed by atoms with E-state index < -0.39 is 50.8 Å². The molecule has 0 bridgehead atoms. The number of hydrogen-bond acceptors (Lipinski definition) is 8. The molecular weight excluding hydrogens is 608 g/mol. The number of amides is 4. The van der Waals surface area contributed by atoms with Gasteiger partial charge in [0, 0.05) is 30.0 Å². The van der Waals surface area contributed by atoms with Gasteiger partial charge in [-0.3, -0.25) is 19.3 Å². The van der Waals surface area contributed by atoms with E-state index in [1.807, 2.05) is 60.7 Å². The zero-order valence-electron chi connectivity index (χ0n) is 25.4. The van der Waals surface area contributed by atoms with Crippen LogP contribution in [-0.2, 0) is 24.4 Å². The molecule has 0 radical (unpaired) electrons. The number of allylic oxidation sites excluding steroid dienone is 1. The highest BCUT2D eigenvalue weighted by atomic mass is 32.2. The largest absolute Gasteiger partial charge is 0.390 e. The summed E-state index contributed by atoms with van der Waals surface area (Å²) in [5, 5.41) is 7.95. The first-order valence-electron chi connectivity index (χ1n) is 16.0. The van der Waals surface area contributed by atoms with E-state index in [0.717, 1.165) is 46.5 Å². The number of hydrazine groups is 1. The molecule has 5 aliphatic rings. The maximum atomic E-state index is 14.0. The van der Waals surface area contributed by atoms with Crippen LogP contribution >= 0.6 is 0 Å². The summed E-state index contributed by atoms with van der Waals surface area (Å²) in [6.07, 6.45) is 7.76. The van der Waals surface area contributed by atoms with Crippen LogP contribution in [0.5, 0.6) is 0 Å². The number of nitrogens with two attached hydrogens (primary N) is 1. The molecule has 0 unspecified atom stereocenters. The number of nitrogens with zero attached hydrogens (tertiary/aromatic N) is 3. The van der Waals surface area contributed by atoms with E-state index in [1.165, 1.54) is 4.90 Å². The minimum absolute atomic E-state index is 0.0588. The van der Waals surface area contributed by atoms with E-state index in [-0.39, 0.29) is 25.3 Å². The first-order valence-corrected chi connectivity index (χ1v) is 17.5. The van der Waals surface area contributed by atoms with Crippen LogP contribution < -0.4 is 15.9 Å². The Bertz CT molecular complexity index is 1690. The fourth-order valence-electron chi connectivity index (χ4n) is 6.76. The highest BCUT2D eigenvalue weighted by Crippen LogP contribution is 2.46. The van der Waals surface area contributed by atoms with Crippen LogP contribution in [0.3, 0.4) is 0 Å². The fourth-order valence-corrected chi connectivity index (χ4v) is 8.13. The summed E-state index contributed by atoms with van der Waals surface area (Å²) >= 11 is 0. The van der Waals surface area contributed by atoms with Gasteiger partial charge in [0.15, 0.2) is 0 Å². The molecule has 242 valence electrons. The van der Waals surface area contributed by atoms with Crippen LogP contribution in [0.4, 0.5) is 4.79 Å². The molecule has 13 heteroatoms. The van der Waals surface area contributed by atoms with Crippen LogP contribution in [0.2, 0.25) is 0 Å². The topological polar surface area (TPSA) is 164 Å². The van der Waals surface area contributed by atoms with E-state index in [2.05, 4.69) is 15.2 Å². The van der Waals surface area contributed by atoms with Crippen molar-refractivity contribution in [2.45, 2.75) is 74.3 Å². The Morgan fingerprint density at radius 3 is 2.35 bits per heavy atom. The first-order chi connectivity index (χ1) is 22.2. The van der Waals surface area contributed by atoms with Crippen molar-refractivity contribution in [3.8, 4) is 11.1 Å². The maximum absolute atomic E-state index is 14.0. The molecule has 4 amide bonds. The number of nitrogens with one attached hydrogen (secondary N) is 2. The first kappa shape index (κ1) is 30.4. The standard InChI is InChI=1S/C33H38N6O6S/c34-39-17-9-3-1-2-4-10-21-19-33(21,31(41)37-46(43,44)23-15-16-23)35-30(40)28-18-22(20-38(28)32(39)42)45-36-29-26-13-7-5-11-24(26)25-12-6-8-14-27(25)29/h4-8,10-14,21-23,28H,1-3,9,15-20,34H2,(H,35,40)(H,37,41)/b10-4-/t21-,22-,28+,33+/m1/s1. The zero-order chi connectivity index (χ0) is 32.1. The van der Waals surface area contributed by atoms with E-state index in [9.17, 15) is 22.8 Å². The highest BCUT2D eigenvalue weighted by Gasteiger charge is 2.62. The second-order valence-electron chi connectivity index (χ2n) is 12.9. The molecule has 4 N–H and O–H groups in total. The summed E-state index contributed by atoms with van der Waals surface area (Å²) in [5.74, 6) is 4.51. The quantitative estimate of drug-likeness (QED) is 0.166. The van der Waals surface area contributed by atoms with Gasteiger partial charge in [-0.15, -0.1) is 0 Å². The van der Waals surface area contributed by atoms with Crippen molar-refractivity contribution in [1.82, 2.24) is 19.9 Å². The third kappa shape index (κ3) is 5.66. The van der Waals surface area contributed by atoms with E-state index in [4.69, 9.17) is 10.7 Å². The third-order valence-corrected chi connectivity index (χ3v) is 11.4. The van der Waals surface area contributed by atoms with Crippen molar-refractivity contribution in [2.24, 2.45) is 16.9 Å². The summed E-state index contributed by atoms with van der Waals surface area (Å²) in [5.41, 5.74) is 3.21. The van der Waals surface area contributed by atoms with Crippen molar-refractivity contribution in [3.05, 3.63) is 71.8 Å². The SMILES string of the molecule is NN1CCCCC/C=C\[C@@H]2C[C@]2(C(=O)NS(=O)(=O)C2CC2)NC(=O)[C@@H]2C[C@@H](ON=C3c4ccccc4-c4ccccc43)CN2C1=O. The van der Waals surface area contributed by atoms with Crippen LogP contribution in [0, 0.1) is 5.92 Å². The molecule has 2 aliphatic heterocycles. The molecule has 3 fully saturated rings. The minimum atomic E-state index is -3.83. The molecule has 12 nitrogen and oxygen atoms in total. The lowest BCUT2D eigenvalue weighted by molar-refractivity contribution is -0.131. The maximum Gasteiger partial charge on any atom is 0.334 e. The van der Waals surface area contributed by atoms with Gasteiger partial charge < -0.3 is 15.1 Å². The molecule has 0 aromatic heterocycles. The summed E-state index contributed by atoms with van der Waals surface area (Å²) in [4.78, 5) is 48.5. The molecule has 4 atom stereocenters. The van der Waals surface area contributed by atoms with Crippen molar-refractivity contribution in [2.75, 3.05) is 13.1 Å². The average molecular weight is 647 g/mol. The number of benzene rings is 2. The Morgan fingerprint density at radius 1 is 1.00 bits per heavy atom. The summed E-state index contributed by atoms with van der Waals surface area (Å²) in [6, 6.07) is 14.3. The Morgan fingerprint density at radius 2 is 1.67 bits per heavy atom. The predicted molar refractivity (Wildman–Crippen MR) is 170 cm³/mol. The zero-order valence-corrected chi connectivity index (χ0v) is 26.2. The Labute approximate surface area is 268 Å². The van der Waals surface area contributed by atoms with Gasteiger partial charge in [0.1, 0.15) is 23.4 Å². The van der Waals surface area contributed by atoms with Crippen molar-refractivity contribution < 1.29 is 27.6 Å². The predicted octanol–water partition coefficient (Wildman–Crippen LogP) is 2.79. The monoisotopic (exact) mass is 646 g/mol. The lowest BCUT2D eigenvalue weighted by Crippen LogP contribution is -2.58. The second kappa shape index (κ2) is 11.8. The Balaban J connectivity index is 1.15. The van der Waals surface area contributed by atoms with Crippen molar-refractivity contribution in [1.29, 1.82) is 0 Å². The molecule has 3 aliphatic carbocycles. The summed E-state index contributed by atoms with van der Waals surface area (Å²) in [7, 11) is -3.83. The van der Waals surface area contributed by atoms with Crippen LogP contribution in [0.25, 0.3) is 11.1 Å². The van der Waals surface area contributed by atoms with Gasteiger partial charge >= 0.3 is 6.03 Å². The molecule has 1 saturated heterocycles. The number of rotatable bonds is 5. The minimum Gasteiger partial charge on any atom is -0.390 e. The lowest BCUT2D eigenvalue weighted by Gasteiger charge is -2.29. The van der Waals surface area contributed by atoms with Gasteiger partial charge in [0.2, 0.25) is 15.9 Å². The van der Waals surface area contributed by atoms with E-state index in [1.54, 1.807) is 0 Å². The summed E-state index contributed by atoms with van der Waals surface area (Å²) in [6.45, 7) is 0.381. The van der Waals surface area contributed by atoms with E-state index in [0.29, 0.717) is 31.5 Å². The molecule has 2 aromatic rings. The Kier molecular flexibility index (Phi) is 7.84. The number of fused-ring (bicyclic) bond motifs is 5. The molecular formula is C33H38N6O6S. The molecule has 2 saturated carbocycles. The van der Waals surface area contributed by atoms with Crippen molar-refractivity contribution >= 4 is 33.6 Å². The summed E-state index contributed by atoms with van der Waals surface area (Å²) < 4.78 is 27.5. The van der Waals surface area contributed by atoms with Gasteiger partial charge in [0.05, 0.1) is 11.8 Å². The third-order valence-electron chi connectivity index (χ3n) is 9.61. The van der Waals surface area contributed by atoms with Crippen LogP contribution in [0.1, 0.15) is 62.5 Å². The number of carbonyl (C=O) groups is 3. The lowest BCUT2D eigenvalue weighted by atomic mass is 10.1. The van der Waals surface area contributed by atoms with Gasteiger partial charge in [-0.1, -0.05) is 72.3 Å². The number of oxime groups is 1. The number of hydrogen-bond donors (Lipinski definition) is 3. The highest BCUT2D eigenvalue weighted by molar-refractivity contribution is 7.91. The molecule has 0 spiro atoms.